The number of carboxylic acids is 1. The summed E-state index contributed by atoms with van der Waals surface area (Å²) >= 11 is 0. The molecule has 31 heavy (non-hydrogen) atoms. The van der Waals surface area contributed by atoms with E-state index in [1.807, 2.05) is 4.90 Å². The Labute approximate surface area is 178 Å². The van der Waals surface area contributed by atoms with Crippen molar-refractivity contribution in [2.45, 2.75) is 36.7 Å². The van der Waals surface area contributed by atoms with Gasteiger partial charge in [-0.1, -0.05) is 18.3 Å². The molecule has 7 N–H and O–H groups in total. The summed E-state index contributed by atoms with van der Waals surface area (Å²) in [5, 5.41) is 41.3. The first kappa shape index (κ1) is 21.8. The lowest BCUT2D eigenvalue weighted by Gasteiger charge is -2.43. The normalized spacial score (nSPS) is 25.8. The van der Waals surface area contributed by atoms with Crippen molar-refractivity contribution in [1.82, 2.24) is 10.2 Å². The van der Waals surface area contributed by atoms with E-state index >= 15 is 0 Å². The molecule has 4 rings (SSSR count). The molecule has 2 aliphatic heterocycles. The molecule has 2 heterocycles. The molecule has 170 valence electrons. The predicted octanol–water partition coefficient (Wildman–Crippen LogP) is -1.55. The standard InChI is InChI=1S/C19H27BN3O8/c1-19(21,18(27)22-4-5-24)9-23-7-10(8-23)30-14-3-2-11-12-6-13(12)20(28,29)31-16(11)15(14)17(25)26/h2-3,10,12-13,24,28-29H,4-9,21H2,1H3,(H,22,27)(H,25,26)/q-1/t12-,13-,19+/m0/s1. The molecule has 1 amide bonds. The summed E-state index contributed by atoms with van der Waals surface area (Å²) in [7, 11) is 0. The second-order valence-electron chi connectivity index (χ2n) is 8.88. The maximum absolute atomic E-state index is 12.1. The van der Waals surface area contributed by atoms with E-state index in [0.717, 1.165) is 0 Å². The van der Waals surface area contributed by atoms with Crippen molar-refractivity contribution < 1.29 is 39.2 Å². The Morgan fingerprint density at radius 1 is 1.39 bits per heavy atom. The van der Waals surface area contributed by atoms with Gasteiger partial charge in [0.15, 0.2) is 0 Å². The van der Waals surface area contributed by atoms with Gasteiger partial charge in [-0.15, -0.1) is 0 Å². The number of aliphatic hydroxyl groups is 1. The first-order valence-electron chi connectivity index (χ1n) is 10.3. The molecule has 12 heteroatoms. The average Bonchev–Trinajstić information content (AvgIpc) is 3.45. The first-order chi connectivity index (χ1) is 14.5. The Kier molecular flexibility index (Phi) is 5.38. The van der Waals surface area contributed by atoms with Gasteiger partial charge in [0.1, 0.15) is 23.0 Å². The van der Waals surface area contributed by atoms with Gasteiger partial charge in [-0.25, -0.2) is 4.79 Å². The van der Waals surface area contributed by atoms with Crippen LogP contribution in [0.3, 0.4) is 0 Å². The molecule has 3 atom stereocenters. The molecule has 1 aromatic rings. The molecule has 1 saturated heterocycles. The summed E-state index contributed by atoms with van der Waals surface area (Å²) in [6, 6.07) is 3.29. The Balaban J connectivity index is 1.41. The van der Waals surface area contributed by atoms with Gasteiger partial charge in [0.2, 0.25) is 5.91 Å². The molecular formula is C19H27BN3O8-. The van der Waals surface area contributed by atoms with Gasteiger partial charge in [0.05, 0.1) is 12.4 Å². The number of nitrogens with zero attached hydrogens (tertiary/aromatic N) is 1. The maximum atomic E-state index is 12.1. The third-order valence-corrected chi connectivity index (χ3v) is 6.14. The third kappa shape index (κ3) is 4.09. The zero-order valence-corrected chi connectivity index (χ0v) is 17.2. The number of likely N-dealkylation sites (tertiary alicyclic amines) is 1. The number of fused-ring (bicyclic) bond motifs is 3. The average molecular weight is 436 g/mol. The van der Waals surface area contributed by atoms with E-state index in [1.54, 1.807) is 19.1 Å². The minimum absolute atomic E-state index is 0.0417. The van der Waals surface area contributed by atoms with Crippen molar-refractivity contribution in [2.75, 3.05) is 32.8 Å². The van der Waals surface area contributed by atoms with Gasteiger partial charge in [-0.2, -0.15) is 0 Å². The topological polar surface area (TPSA) is 175 Å². The highest BCUT2D eigenvalue weighted by Gasteiger charge is 2.55. The number of carbonyl (C=O) groups is 2. The Bertz CT molecular complexity index is 902. The highest BCUT2D eigenvalue weighted by molar-refractivity contribution is 6.62. The van der Waals surface area contributed by atoms with Crippen molar-refractivity contribution >= 4 is 18.6 Å². The first-order valence-corrected chi connectivity index (χ1v) is 10.3. The second kappa shape index (κ2) is 7.64. The van der Waals surface area contributed by atoms with E-state index in [-0.39, 0.29) is 54.7 Å². The number of hydrogen-bond acceptors (Lipinski definition) is 9. The van der Waals surface area contributed by atoms with Gasteiger partial charge in [-0.05, 0) is 24.5 Å². The van der Waals surface area contributed by atoms with Crippen LogP contribution in [0.25, 0.3) is 0 Å². The van der Waals surface area contributed by atoms with Gasteiger partial charge < -0.3 is 40.7 Å². The lowest BCUT2D eigenvalue weighted by atomic mass is 9.68. The lowest BCUT2D eigenvalue weighted by molar-refractivity contribution is -0.127. The molecule has 2 fully saturated rings. The highest BCUT2D eigenvalue weighted by Crippen LogP contribution is 2.63. The van der Waals surface area contributed by atoms with Crippen LogP contribution in [0.1, 0.15) is 35.2 Å². The van der Waals surface area contributed by atoms with Crippen LogP contribution in [0.4, 0.5) is 0 Å². The number of amides is 1. The molecule has 0 radical (unpaired) electrons. The van der Waals surface area contributed by atoms with E-state index in [4.69, 9.17) is 20.2 Å². The zero-order chi connectivity index (χ0) is 22.6. The van der Waals surface area contributed by atoms with Gasteiger partial charge in [0.25, 0.3) is 0 Å². The second-order valence-corrected chi connectivity index (χ2v) is 8.88. The number of nitrogens with two attached hydrogens (primary N) is 1. The van der Waals surface area contributed by atoms with Gasteiger partial charge in [0, 0.05) is 26.2 Å². The highest BCUT2D eigenvalue weighted by atomic mass is 16.6. The number of hydrogen-bond donors (Lipinski definition) is 6. The van der Waals surface area contributed by atoms with Crippen LogP contribution in [0, 0.1) is 0 Å². The predicted molar refractivity (Wildman–Crippen MR) is 109 cm³/mol. The summed E-state index contributed by atoms with van der Waals surface area (Å²) in [6.07, 6.45) is 0.226. The molecule has 0 aromatic heterocycles. The van der Waals surface area contributed by atoms with Crippen LogP contribution in [0.5, 0.6) is 11.5 Å². The minimum Gasteiger partial charge on any atom is -0.669 e. The number of carboxylic acid groups (broad SMARTS) is 1. The van der Waals surface area contributed by atoms with Gasteiger partial charge >= 0.3 is 12.7 Å². The van der Waals surface area contributed by atoms with Crippen molar-refractivity contribution in [3.05, 3.63) is 23.3 Å². The van der Waals surface area contributed by atoms with E-state index < -0.39 is 24.1 Å². The van der Waals surface area contributed by atoms with Crippen LogP contribution >= 0.6 is 0 Å². The molecule has 0 unspecified atom stereocenters. The number of carbonyl (C=O) groups excluding carboxylic acids is 1. The largest absolute Gasteiger partial charge is 0.669 e. The van der Waals surface area contributed by atoms with Crippen molar-refractivity contribution in [1.29, 1.82) is 0 Å². The van der Waals surface area contributed by atoms with Crippen molar-refractivity contribution in [2.24, 2.45) is 5.73 Å². The van der Waals surface area contributed by atoms with Crippen LogP contribution in [0.15, 0.2) is 12.1 Å². The molecule has 1 aliphatic carbocycles. The van der Waals surface area contributed by atoms with E-state index in [9.17, 15) is 24.7 Å². The van der Waals surface area contributed by atoms with Crippen LogP contribution in [-0.2, 0) is 4.79 Å². The fourth-order valence-corrected chi connectivity index (χ4v) is 4.43. The van der Waals surface area contributed by atoms with Crippen LogP contribution in [0.2, 0.25) is 5.82 Å². The number of benzene rings is 1. The van der Waals surface area contributed by atoms with Crippen molar-refractivity contribution in [3.63, 3.8) is 0 Å². The molecular weight excluding hydrogens is 409 g/mol. The van der Waals surface area contributed by atoms with E-state index in [0.29, 0.717) is 25.1 Å². The number of aliphatic hydroxyl groups excluding tert-OH is 1. The number of aromatic carboxylic acids is 1. The summed E-state index contributed by atoms with van der Waals surface area (Å²) in [5.41, 5.74) is 5.36. The van der Waals surface area contributed by atoms with Crippen LogP contribution < -0.4 is 20.4 Å². The Morgan fingerprint density at radius 2 is 2.10 bits per heavy atom. The smallest absolute Gasteiger partial charge is 0.434 e. The van der Waals surface area contributed by atoms with Gasteiger partial charge in [-0.3, -0.25) is 9.69 Å². The Morgan fingerprint density at radius 3 is 2.74 bits per heavy atom. The number of ether oxygens (including phenoxy) is 1. The molecule has 1 saturated carbocycles. The quantitative estimate of drug-likeness (QED) is 0.262. The number of nitrogens with one attached hydrogen (secondary N) is 1. The van der Waals surface area contributed by atoms with E-state index in [1.165, 1.54) is 0 Å². The zero-order valence-electron chi connectivity index (χ0n) is 17.2. The summed E-state index contributed by atoms with van der Waals surface area (Å²) in [5.74, 6) is -2.12. The fraction of sp³-hybridized carbons (Fsp3) is 0.579. The summed E-state index contributed by atoms with van der Waals surface area (Å²) < 4.78 is 11.2. The van der Waals surface area contributed by atoms with Crippen LogP contribution in [-0.4, -0.2) is 88.2 Å². The summed E-state index contributed by atoms with van der Waals surface area (Å²) in [6.45, 7) is -0.396. The number of rotatable bonds is 8. The van der Waals surface area contributed by atoms with E-state index in [2.05, 4.69) is 5.32 Å². The SMILES string of the molecule is C[C@@](N)(CN1CC(Oc2ccc3c(c2C(=O)O)O[B-](O)(O)[C@H]2C[C@@H]32)C1)C(=O)NCCO. The fourth-order valence-electron chi connectivity index (χ4n) is 4.43. The third-order valence-electron chi connectivity index (χ3n) is 6.14. The molecule has 0 spiro atoms. The summed E-state index contributed by atoms with van der Waals surface area (Å²) in [4.78, 5) is 25.9. The maximum Gasteiger partial charge on any atom is 0.434 e. The molecule has 1 aromatic carbocycles. The monoisotopic (exact) mass is 436 g/mol. The molecule has 11 nitrogen and oxygen atoms in total. The molecule has 3 aliphatic rings. The van der Waals surface area contributed by atoms with Crippen molar-refractivity contribution in [3.8, 4) is 11.5 Å². The lowest BCUT2D eigenvalue weighted by Crippen LogP contribution is -2.64. The molecule has 0 bridgehead atoms. The minimum atomic E-state index is -3.10. The Hall–Kier alpha value is -2.38.